The average molecular weight is 326 g/mol. The number of hydrogen-bond donors (Lipinski definition) is 0. The molecule has 0 fully saturated rings. The molecule has 0 spiro atoms. The lowest BCUT2D eigenvalue weighted by molar-refractivity contribution is -0.574. The first-order valence-corrected chi connectivity index (χ1v) is 5.41. The summed E-state index contributed by atoms with van der Waals surface area (Å²) < 4.78 is 77.7. The van der Waals surface area contributed by atoms with Gasteiger partial charge in [0.2, 0.25) is 0 Å². The lowest BCUT2D eigenvalue weighted by atomic mass is 10.0. The summed E-state index contributed by atoms with van der Waals surface area (Å²) in [6.07, 6.45) is -12.8. The molecule has 4 nitrogen and oxygen atoms in total. The van der Waals surface area contributed by atoms with E-state index in [0.29, 0.717) is 0 Å². The molecule has 0 bridgehead atoms. The minimum Gasteiger partial charge on any atom is -0.828 e. The molecule has 22 heavy (non-hydrogen) atoms. The Labute approximate surface area is 119 Å². The van der Waals surface area contributed by atoms with Gasteiger partial charge in [-0.2, -0.15) is 26.3 Å². The molecule has 0 aliphatic heterocycles. The van der Waals surface area contributed by atoms with Gasteiger partial charge in [-0.3, -0.25) is 4.79 Å². The Bertz CT molecular complexity index is 571. The number of ether oxygens (including phenoxy) is 1. The van der Waals surface area contributed by atoms with Crippen LogP contribution in [0.3, 0.4) is 0 Å². The molecule has 1 rings (SSSR count). The first-order valence-electron chi connectivity index (χ1n) is 5.41. The number of hydrogen-bond acceptors (Lipinski definition) is 3. The van der Waals surface area contributed by atoms with Crippen LogP contribution >= 0.6 is 0 Å². The minimum absolute atomic E-state index is 0.0208. The highest BCUT2D eigenvalue weighted by Gasteiger charge is 2.68. The molecule has 0 heterocycles. The third-order valence-corrected chi connectivity index (χ3v) is 2.52. The number of carbonyl (C=O) groups excluding carboxylic acids is 1. The van der Waals surface area contributed by atoms with E-state index in [0.717, 1.165) is 12.1 Å². The van der Waals surface area contributed by atoms with Gasteiger partial charge in [-0.1, -0.05) is 24.3 Å². The SMILES string of the molecule is [C-]#[N+]c1ccc(COC(=O)C([O-])(C(F)(F)F)C(F)(F)F)cc1. The fraction of sp³-hybridized carbons (Fsp3) is 0.333. The molecule has 0 amide bonds. The van der Waals surface area contributed by atoms with E-state index in [4.69, 9.17) is 6.57 Å². The van der Waals surface area contributed by atoms with Crippen LogP contribution in [0.25, 0.3) is 4.85 Å². The van der Waals surface area contributed by atoms with Gasteiger partial charge in [0.15, 0.2) is 11.3 Å². The highest BCUT2D eigenvalue weighted by atomic mass is 19.4. The summed E-state index contributed by atoms with van der Waals surface area (Å²) in [6.45, 7) is 5.69. The molecular weight excluding hydrogens is 320 g/mol. The number of nitrogens with zero attached hydrogens (tertiary/aromatic N) is 1. The molecule has 1 aromatic carbocycles. The summed E-state index contributed by atoms with van der Waals surface area (Å²) in [6, 6.07) is 4.75. The summed E-state index contributed by atoms with van der Waals surface area (Å²) in [5.41, 5.74) is -5.66. The number of rotatable bonds is 3. The van der Waals surface area contributed by atoms with Crippen molar-refractivity contribution in [2.24, 2.45) is 0 Å². The predicted octanol–water partition coefficient (Wildman–Crippen LogP) is 2.50. The Kier molecular flexibility index (Phi) is 4.72. The fourth-order valence-electron chi connectivity index (χ4n) is 1.31. The third kappa shape index (κ3) is 3.30. The van der Waals surface area contributed by atoms with Crippen molar-refractivity contribution in [3.63, 3.8) is 0 Å². The van der Waals surface area contributed by atoms with Crippen LogP contribution in [0.5, 0.6) is 0 Å². The summed E-state index contributed by atoms with van der Waals surface area (Å²) >= 11 is 0. The number of benzene rings is 1. The zero-order valence-corrected chi connectivity index (χ0v) is 10.5. The summed E-state index contributed by atoms with van der Waals surface area (Å²) in [4.78, 5) is 14.0. The minimum atomic E-state index is -6.39. The topological polar surface area (TPSA) is 53.7 Å². The molecule has 0 N–H and O–H groups in total. The second-order valence-electron chi connectivity index (χ2n) is 4.03. The standard InChI is InChI=1S/C12H6F6NO3/c1-19-8-4-2-7(3-5-8)6-22-9(20)10(21,11(13,14)15)12(16,17)18/h2-5H,6H2/q-1. The van der Waals surface area contributed by atoms with Crippen LogP contribution in [0.15, 0.2) is 24.3 Å². The van der Waals surface area contributed by atoms with Crippen molar-refractivity contribution in [1.29, 1.82) is 0 Å². The molecule has 0 saturated heterocycles. The van der Waals surface area contributed by atoms with E-state index in [1.807, 2.05) is 0 Å². The molecule has 0 aromatic heterocycles. The largest absolute Gasteiger partial charge is 0.828 e. The van der Waals surface area contributed by atoms with Crippen molar-refractivity contribution >= 4 is 11.7 Å². The molecular formula is C12H6F6NO3-. The van der Waals surface area contributed by atoms with Gasteiger partial charge in [0.05, 0.1) is 6.57 Å². The van der Waals surface area contributed by atoms with E-state index in [2.05, 4.69) is 9.58 Å². The number of carbonyl (C=O) groups is 1. The smallest absolute Gasteiger partial charge is 0.399 e. The predicted molar refractivity (Wildman–Crippen MR) is 57.3 cm³/mol. The van der Waals surface area contributed by atoms with Crippen molar-refractivity contribution in [3.8, 4) is 0 Å². The van der Waals surface area contributed by atoms with E-state index in [1.165, 1.54) is 12.1 Å². The number of esters is 1. The van der Waals surface area contributed by atoms with Crippen LogP contribution in [0.1, 0.15) is 5.56 Å². The van der Waals surface area contributed by atoms with E-state index in [-0.39, 0.29) is 11.3 Å². The van der Waals surface area contributed by atoms with Gasteiger partial charge in [-0.15, -0.1) is 0 Å². The highest BCUT2D eigenvalue weighted by Crippen LogP contribution is 2.41. The van der Waals surface area contributed by atoms with Crippen LogP contribution in [-0.4, -0.2) is 23.9 Å². The van der Waals surface area contributed by atoms with Gasteiger partial charge in [-0.05, 0) is 5.56 Å². The number of halogens is 6. The second-order valence-corrected chi connectivity index (χ2v) is 4.03. The zero-order valence-electron chi connectivity index (χ0n) is 10.5. The molecule has 0 atom stereocenters. The van der Waals surface area contributed by atoms with E-state index in [9.17, 15) is 36.2 Å². The lowest BCUT2D eigenvalue weighted by Gasteiger charge is -2.40. The Balaban J connectivity index is 2.91. The van der Waals surface area contributed by atoms with Gasteiger partial charge in [0.25, 0.3) is 0 Å². The number of alkyl halides is 6. The van der Waals surface area contributed by atoms with E-state index >= 15 is 0 Å². The normalized spacial score (nSPS) is 12.6. The Morgan fingerprint density at radius 3 is 1.91 bits per heavy atom. The van der Waals surface area contributed by atoms with E-state index in [1.54, 1.807) is 0 Å². The maximum atomic E-state index is 12.3. The van der Waals surface area contributed by atoms with E-state index < -0.39 is 30.5 Å². The van der Waals surface area contributed by atoms with Crippen LogP contribution in [0.4, 0.5) is 32.0 Å². The van der Waals surface area contributed by atoms with Crippen molar-refractivity contribution in [3.05, 3.63) is 41.2 Å². The Morgan fingerprint density at radius 2 is 1.55 bits per heavy atom. The second kappa shape index (κ2) is 5.84. The van der Waals surface area contributed by atoms with Crippen LogP contribution in [0, 0.1) is 6.57 Å². The van der Waals surface area contributed by atoms with Gasteiger partial charge < -0.3 is 9.84 Å². The quantitative estimate of drug-likeness (QED) is 0.487. The van der Waals surface area contributed by atoms with Crippen molar-refractivity contribution in [1.82, 2.24) is 0 Å². The Morgan fingerprint density at radius 1 is 1.09 bits per heavy atom. The zero-order chi connectivity index (χ0) is 17.2. The summed E-state index contributed by atoms with van der Waals surface area (Å²) in [5, 5.41) is 11.0. The van der Waals surface area contributed by atoms with Gasteiger partial charge in [0, 0.05) is 0 Å². The molecule has 0 unspecified atom stereocenters. The molecule has 120 valence electrons. The van der Waals surface area contributed by atoms with Crippen LogP contribution < -0.4 is 5.11 Å². The maximum Gasteiger partial charge on any atom is 0.399 e. The van der Waals surface area contributed by atoms with Crippen molar-refractivity contribution in [2.75, 3.05) is 0 Å². The van der Waals surface area contributed by atoms with Crippen LogP contribution in [-0.2, 0) is 16.1 Å². The first-order chi connectivity index (χ1) is 9.93. The monoisotopic (exact) mass is 326 g/mol. The molecule has 1 aromatic rings. The molecule has 0 aliphatic carbocycles. The van der Waals surface area contributed by atoms with Crippen molar-refractivity contribution < 1.29 is 41.0 Å². The fourth-order valence-corrected chi connectivity index (χ4v) is 1.31. The molecule has 0 radical (unpaired) electrons. The van der Waals surface area contributed by atoms with Gasteiger partial charge in [-0.25, -0.2) is 4.85 Å². The maximum absolute atomic E-state index is 12.3. The summed E-state index contributed by atoms with van der Waals surface area (Å²) in [7, 11) is 0. The average Bonchev–Trinajstić information content (AvgIpc) is 2.41. The molecule has 0 saturated carbocycles. The Hall–Kier alpha value is -2.28. The molecule has 10 heteroatoms. The van der Waals surface area contributed by atoms with Gasteiger partial charge >= 0.3 is 18.3 Å². The summed E-state index contributed by atoms with van der Waals surface area (Å²) in [5.74, 6) is -2.98. The van der Waals surface area contributed by atoms with Crippen molar-refractivity contribution in [2.45, 2.75) is 24.6 Å². The first kappa shape index (κ1) is 17.8. The lowest BCUT2D eigenvalue weighted by Crippen LogP contribution is -2.71. The van der Waals surface area contributed by atoms with Crippen LogP contribution in [0.2, 0.25) is 0 Å². The third-order valence-electron chi connectivity index (χ3n) is 2.52. The highest BCUT2D eigenvalue weighted by molar-refractivity contribution is 5.81. The van der Waals surface area contributed by atoms with Gasteiger partial charge in [0.1, 0.15) is 6.61 Å². The molecule has 0 aliphatic rings.